The number of rotatable bonds is 4. The zero-order chi connectivity index (χ0) is 15.6. The second-order valence-electron chi connectivity index (χ2n) is 4.78. The molecule has 0 heterocycles. The van der Waals surface area contributed by atoms with Crippen LogP contribution in [-0.2, 0) is 10.0 Å². The van der Waals surface area contributed by atoms with Crippen molar-refractivity contribution in [2.24, 2.45) is 0 Å². The summed E-state index contributed by atoms with van der Waals surface area (Å²) in [5.41, 5.74) is 7.99. The molecule has 21 heavy (non-hydrogen) atoms. The summed E-state index contributed by atoms with van der Waals surface area (Å²) in [6.07, 6.45) is 0. The predicted octanol–water partition coefficient (Wildman–Crippen LogP) is 2.59. The molecule has 112 valence electrons. The van der Waals surface area contributed by atoms with Crippen molar-refractivity contribution in [3.8, 4) is 11.5 Å². The van der Waals surface area contributed by atoms with Crippen LogP contribution in [0.4, 0.5) is 5.69 Å². The number of nitrogens with two attached hydrogens (primary N) is 1. The molecular formula is C15H18N2O3S. The summed E-state index contributed by atoms with van der Waals surface area (Å²) in [4.78, 5) is 0.0194. The molecule has 6 heteroatoms. The maximum absolute atomic E-state index is 12.1. The first-order valence-electron chi connectivity index (χ1n) is 6.41. The van der Waals surface area contributed by atoms with Gasteiger partial charge in [0, 0.05) is 5.69 Å². The van der Waals surface area contributed by atoms with E-state index in [2.05, 4.69) is 4.72 Å². The molecule has 2 aromatic rings. The van der Waals surface area contributed by atoms with Crippen molar-refractivity contribution < 1.29 is 13.2 Å². The van der Waals surface area contributed by atoms with Gasteiger partial charge in [-0.3, -0.25) is 0 Å². The number of anilines is 1. The van der Waals surface area contributed by atoms with Gasteiger partial charge in [0.2, 0.25) is 10.0 Å². The molecule has 0 aromatic heterocycles. The Bertz CT molecular complexity index is 770. The smallest absolute Gasteiger partial charge is 0.244 e. The lowest BCUT2D eigenvalue weighted by Gasteiger charge is -2.14. The Kier molecular flexibility index (Phi) is 4.20. The lowest BCUT2D eigenvalue weighted by molar-refractivity contribution is 0.463. The van der Waals surface area contributed by atoms with Crippen molar-refractivity contribution in [2.45, 2.75) is 18.7 Å². The molecule has 0 unspecified atom stereocenters. The van der Waals surface area contributed by atoms with E-state index < -0.39 is 10.0 Å². The van der Waals surface area contributed by atoms with E-state index in [9.17, 15) is 8.42 Å². The monoisotopic (exact) mass is 306 g/mol. The zero-order valence-electron chi connectivity index (χ0n) is 12.2. The number of sulfonamides is 1. The zero-order valence-corrected chi connectivity index (χ0v) is 13.0. The fourth-order valence-corrected chi connectivity index (χ4v) is 2.75. The van der Waals surface area contributed by atoms with E-state index in [1.165, 1.54) is 13.1 Å². The molecule has 0 aliphatic heterocycles. The van der Waals surface area contributed by atoms with Crippen LogP contribution in [0, 0.1) is 13.8 Å². The quantitative estimate of drug-likeness (QED) is 0.851. The Balaban J connectivity index is 2.52. The van der Waals surface area contributed by atoms with Gasteiger partial charge >= 0.3 is 0 Å². The molecule has 0 radical (unpaired) electrons. The number of nitrogens with one attached hydrogen (secondary N) is 1. The summed E-state index contributed by atoms with van der Waals surface area (Å²) < 4.78 is 32.2. The second-order valence-corrected chi connectivity index (χ2v) is 6.64. The molecule has 2 rings (SSSR count). The highest BCUT2D eigenvalue weighted by Crippen LogP contribution is 2.32. The predicted molar refractivity (Wildman–Crippen MR) is 83.1 cm³/mol. The third-order valence-electron chi connectivity index (χ3n) is 3.09. The van der Waals surface area contributed by atoms with Crippen molar-refractivity contribution in [1.82, 2.24) is 4.72 Å². The minimum Gasteiger partial charge on any atom is -0.456 e. The molecule has 2 aromatic carbocycles. The van der Waals surface area contributed by atoms with Crippen LogP contribution in [0.3, 0.4) is 0 Å². The molecule has 0 saturated heterocycles. The van der Waals surface area contributed by atoms with E-state index in [0.717, 1.165) is 11.1 Å². The maximum atomic E-state index is 12.1. The summed E-state index contributed by atoms with van der Waals surface area (Å²) in [6.45, 7) is 3.85. The van der Waals surface area contributed by atoms with E-state index in [-0.39, 0.29) is 10.6 Å². The fourth-order valence-electron chi connectivity index (χ4n) is 1.86. The van der Waals surface area contributed by atoms with Crippen molar-refractivity contribution >= 4 is 15.7 Å². The largest absolute Gasteiger partial charge is 0.456 e. The van der Waals surface area contributed by atoms with Gasteiger partial charge in [-0.1, -0.05) is 12.1 Å². The molecule has 0 aliphatic rings. The Labute approximate surface area is 124 Å². The lowest BCUT2D eigenvalue weighted by atomic mass is 10.1. The first-order chi connectivity index (χ1) is 9.83. The lowest BCUT2D eigenvalue weighted by Crippen LogP contribution is -2.19. The molecule has 3 N–H and O–H groups in total. The van der Waals surface area contributed by atoms with Crippen LogP contribution in [0.15, 0.2) is 41.3 Å². The van der Waals surface area contributed by atoms with Gasteiger partial charge in [-0.25, -0.2) is 13.1 Å². The number of hydrogen-bond donors (Lipinski definition) is 2. The normalized spacial score (nSPS) is 11.4. The summed E-state index contributed by atoms with van der Waals surface area (Å²) in [5, 5.41) is 0. The number of hydrogen-bond acceptors (Lipinski definition) is 4. The van der Waals surface area contributed by atoms with Crippen LogP contribution in [0.1, 0.15) is 11.1 Å². The first kappa shape index (κ1) is 15.3. The fraction of sp³-hybridized carbons (Fsp3) is 0.200. The topological polar surface area (TPSA) is 81.4 Å². The molecule has 0 spiro atoms. The van der Waals surface area contributed by atoms with Gasteiger partial charge in [0.25, 0.3) is 0 Å². The van der Waals surface area contributed by atoms with E-state index in [1.807, 2.05) is 32.0 Å². The first-order valence-corrected chi connectivity index (χ1v) is 7.90. The highest BCUT2D eigenvalue weighted by Gasteiger charge is 2.19. The third kappa shape index (κ3) is 3.34. The van der Waals surface area contributed by atoms with Crippen molar-refractivity contribution in [2.75, 3.05) is 12.8 Å². The van der Waals surface area contributed by atoms with E-state index in [4.69, 9.17) is 10.5 Å². The second kappa shape index (κ2) is 5.75. The average Bonchev–Trinajstić information content (AvgIpc) is 2.44. The van der Waals surface area contributed by atoms with E-state index in [1.54, 1.807) is 12.1 Å². The van der Waals surface area contributed by atoms with Gasteiger partial charge in [-0.15, -0.1) is 0 Å². The minimum absolute atomic E-state index is 0.0194. The van der Waals surface area contributed by atoms with Gasteiger partial charge in [-0.2, -0.15) is 0 Å². The molecule has 0 fully saturated rings. The summed E-state index contributed by atoms with van der Waals surface area (Å²) >= 11 is 0. The standard InChI is InChI=1S/C15H18N2O3S/c1-10-4-5-11(2)14(8-10)20-13-7-6-12(16)9-15(13)21(18,19)17-3/h4-9,17H,16H2,1-3H3. The summed E-state index contributed by atoms with van der Waals surface area (Å²) in [5.74, 6) is 0.861. The SMILES string of the molecule is CNS(=O)(=O)c1cc(N)ccc1Oc1cc(C)ccc1C. The Morgan fingerprint density at radius 3 is 2.43 bits per heavy atom. The highest BCUT2D eigenvalue weighted by molar-refractivity contribution is 7.89. The molecule has 0 atom stereocenters. The molecule has 0 saturated carbocycles. The number of nitrogen functional groups attached to an aromatic ring is 1. The molecule has 0 amide bonds. The molecule has 5 nitrogen and oxygen atoms in total. The van der Waals surface area contributed by atoms with Gasteiger partial charge in [0.1, 0.15) is 16.4 Å². The minimum atomic E-state index is -3.65. The molecular weight excluding hydrogens is 288 g/mol. The van der Waals surface area contributed by atoms with Gasteiger partial charge in [0.05, 0.1) is 0 Å². The van der Waals surface area contributed by atoms with Crippen LogP contribution < -0.4 is 15.2 Å². The molecule has 0 bridgehead atoms. The Morgan fingerprint density at radius 1 is 1.05 bits per heavy atom. The van der Waals surface area contributed by atoms with Crippen molar-refractivity contribution in [3.63, 3.8) is 0 Å². The highest BCUT2D eigenvalue weighted by atomic mass is 32.2. The van der Waals surface area contributed by atoms with Gasteiger partial charge < -0.3 is 10.5 Å². The van der Waals surface area contributed by atoms with Gasteiger partial charge in [0.15, 0.2) is 0 Å². The van der Waals surface area contributed by atoms with Crippen LogP contribution in [0.5, 0.6) is 11.5 Å². The number of ether oxygens (including phenoxy) is 1. The third-order valence-corrected chi connectivity index (χ3v) is 4.53. The Hall–Kier alpha value is -2.05. The van der Waals surface area contributed by atoms with Crippen LogP contribution in [0.25, 0.3) is 0 Å². The van der Waals surface area contributed by atoms with E-state index >= 15 is 0 Å². The number of aryl methyl sites for hydroxylation is 2. The van der Waals surface area contributed by atoms with E-state index in [0.29, 0.717) is 11.4 Å². The van der Waals surface area contributed by atoms with Crippen molar-refractivity contribution in [1.29, 1.82) is 0 Å². The molecule has 0 aliphatic carbocycles. The van der Waals surface area contributed by atoms with Gasteiger partial charge in [-0.05, 0) is 56.3 Å². The maximum Gasteiger partial charge on any atom is 0.244 e. The Morgan fingerprint density at radius 2 is 1.76 bits per heavy atom. The average molecular weight is 306 g/mol. The van der Waals surface area contributed by atoms with Crippen LogP contribution in [-0.4, -0.2) is 15.5 Å². The van der Waals surface area contributed by atoms with Crippen LogP contribution in [0.2, 0.25) is 0 Å². The van der Waals surface area contributed by atoms with Crippen LogP contribution >= 0.6 is 0 Å². The summed E-state index contributed by atoms with van der Waals surface area (Å²) in [7, 11) is -2.30. The number of benzene rings is 2. The summed E-state index contributed by atoms with van der Waals surface area (Å²) in [6, 6.07) is 10.3. The van der Waals surface area contributed by atoms with Crippen molar-refractivity contribution in [3.05, 3.63) is 47.5 Å².